The fraction of sp³-hybridized carbons (Fsp3) is 0.586. The summed E-state index contributed by atoms with van der Waals surface area (Å²) in [5.74, 6) is 0.996. The lowest BCUT2D eigenvalue weighted by Crippen LogP contribution is -2.54. The molecule has 1 aromatic rings. The number of rotatable bonds is 13. The van der Waals surface area contributed by atoms with Gasteiger partial charge < -0.3 is 25.0 Å². The van der Waals surface area contributed by atoms with Gasteiger partial charge in [0.25, 0.3) is 0 Å². The maximum atomic E-state index is 14.1. The molecule has 0 spiro atoms. The maximum absolute atomic E-state index is 14.1. The van der Waals surface area contributed by atoms with Gasteiger partial charge in [-0.25, -0.2) is 4.79 Å². The number of carbonyl (C=O) groups excluding carboxylic acids is 4. The van der Waals surface area contributed by atoms with Crippen LogP contribution in [0.2, 0.25) is 0 Å². The monoisotopic (exact) mass is 529 g/mol. The average Bonchev–Trinajstić information content (AvgIpc) is 2.84. The summed E-state index contributed by atoms with van der Waals surface area (Å²) in [5, 5.41) is 5.28. The number of benzene rings is 1. The lowest BCUT2D eigenvalue weighted by atomic mass is 9.95. The number of hydrogen-bond acceptors (Lipinski definition) is 6. The molecule has 3 amide bonds. The fourth-order valence-corrected chi connectivity index (χ4v) is 3.89. The predicted molar refractivity (Wildman–Crippen MR) is 146 cm³/mol. The second kappa shape index (κ2) is 15.7. The third-order valence-corrected chi connectivity index (χ3v) is 5.59. The molecule has 2 N–H and O–H groups in total. The van der Waals surface area contributed by atoms with Crippen LogP contribution in [0.1, 0.15) is 84.4 Å². The number of alkyl carbamates (subject to hydrolysis) is 1. The topological polar surface area (TPSA) is 114 Å². The number of unbranched alkanes of at least 4 members (excludes halogenated alkanes) is 2. The van der Waals surface area contributed by atoms with Crippen LogP contribution in [-0.2, 0) is 23.9 Å². The highest BCUT2D eigenvalue weighted by Crippen LogP contribution is 2.27. The van der Waals surface area contributed by atoms with Crippen molar-refractivity contribution in [1.82, 2.24) is 15.5 Å². The normalized spacial score (nSPS) is 12.6. The molecule has 210 valence electrons. The molecule has 0 heterocycles. The standard InChI is InChI=1S/C29H43N3O6/c1-9-11-14-17-32(27(35)23(18-20(3)4)31-28(36)38-29(5,6)7)25(26(34)30-19-24(33)37-8)22-16-13-12-15-21(22)10-2/h2,12-13,15-16,20,23,25H,9,11,14,17-19H2,1,3-8H3,(H,30,34)(H,31,36). The number of esters is 1. The van der Waals surface area contributed by atoms with Crippen molar-refractivity contribution < 1.29 is 28.7 Å². The summed E-state index contributed by atoms with van der Waals surface area (Å²) in [6, 6.07) is 4.78. The minimum absolute atomic E-state index is 0.0565. The van der Waals surface area contributed by atoms with Crippen LogP contribution in [0.3, 0.4) is 0 Å². The first-order valence-corrected chi connectivity index (χ1v) is 13.0. The molecule has 1 aromatic carbocycles. The summed E-state index contributed by atoms with van der Waals surface area (Å²) < 4.78 is 10.1. The summed E-state index contributed by atoms with van der Waals surface area (Å²) >= 11 is 0. The van der Waals surface area contributed by atoms with E-state index in [2.05, 4.69) is 21.3 Å². The first-order valence-electron chi connectivity index (χ1n) is 13.0. The molecule has 0 bridgehead atoms. The Bertz CT molecular complexity index is 993. The molecular formula is C29H43N3O6. The van der Waals surface area contributed by atoms with E-state index in [-0.39, 0.29) is 19.0 Å². The first-order chi connectivity index (χ1) is 17.8. The number of ether oxygens (including phenoxy) is 2. The van der Waals surface area contributed by atoms with Crippen molar-refractivity contribution in [3.63, 3.8) is 0 Å². The van der Waals surface area contributed by atoms with Crippen molar-refractivity contribution in [3.8, 4) is 12.3 Å². The van der Waals surface area contributed by atoms with Gasteiger partial charge in [-0.15, -0.1) is 6.42 Å². The SMILES string of the molecule is C#Cc1ccccc1C(C(=O)NCC(=O)OC)N(CCCCC)C(=O)C(CC(C)C)NC(=O)OC(C)(C)C. The van der Waals surface area contributed by atoms with Crippen LogP contribution in [0.5, 0.6) is 0 Å². The number of nitrogens with zero attached hydrogens (tertiary/aromatic N) is 1. The van der Waals surface area contributed by atoms with Gasteiger partial charge in [-0.2, -0.15) is 0 Å². The second-order valence-electron chi connectivity index (χ2n) is 10.5. The minimum atomic E-state index is -1.13. The van der Waals surface area contributed by atoms with Crippen LogP contribution in [-0.4, -0.2) is 60.6 Å². The van der Waals surface area contributed by atoms with Gasteiger partial charge in [-0.1, -0.05) is 57.7 Å². The summed E-state index contributed by atoms with van der Waals surface area (Å²) in [4.78, 5) is 53.6. The number of terminal acetylenes is 1. The number of nitrogens with one attached hydrogen (secondary N) is 2. The highest BCUT2D eigenvalue weighted by Gasteiger charge is 2.37. The third kappa shape index (κ3) is 10.8. The third-order valence-electron chi connectivity index (χ3n) is 5.59. The molecule has 9 nitrogen and oxygen atoms in total. The van der Waals surface area contributed by atoms with Gasteiger partial charge >= 0.3 is 12.1 Å². The number of hydrogen-bond donors (Lipinski definition) is 2. The molecule has 38 heavy (non-hydrogen) atoms. The van der Waals surface area contributed by atoms with Crippen LogP contribution in [0, 0.1) is 18.3 Å². The van der Waals surface area contributed by atoms with E-state index in [1.165, 1.54) is 12.0 Å². The molecule has 0 fully saturated rings. The Kier molecular flexibility index (Phi) is 13.4. The zero-order chi connectivity index (χ0) is 28.9. The molecule has 0 saturated heterocycles. The molecule has 0 radical (unpaired) electrons. The van der Waals surface area contributed by atoms with Crippen LogP contribution >= 0.6 is 0 Å². The van der Waals surface area contributed by atoms with Gasteiger partial charge in [0, 0.05) is 12.1 Å². The zero-order valence-electron chi connectivity index (χ0n) is 23.8. The largest absolute Gasteiger partial charge is 0.468 e. The van der Waals surface area contributed by atoms with E-state index in [1.807, 2.05) is 20.8 Å². The number of methoxy groups -OCH3 is 1. The Morgan fingerprint density at radius 2 is 1.76 bits per heavy atom. The Morgan fingerprint density at radius 1 is 1.11 bits per heavy atom. The number of carbonyl (C=O) groups is 4. The van der Waals surface area contributed by atoms with Gasteiger partial charge in [0.2, 0.25) is 11.8 Å². The smallest absolute Gasteiger partial charge is 0.408 e. The van der Waals surface area contributed by atoms with Crippen molar-refractivity contribution in [2.24, 2.45) is 5.92 Å². The van der Waals surface area contributed by atoms with Crippen LogP contribution in [0.4, 0.5) is 4.79 Å². The molecule has 2 unspecified atom stereocenters. The molecule has 2 atom stereocenters. The Morgan fingerprint density at radius 3 is 2.32 bits per heavy atom. The van der Waals surface area contributed by atoms with E-state index in [0.29, 0.717) is 24.0 Å². The molecule has 0 aliphatic heterocycles. The second-order valence-corrected chi connectivity index (χ2v) is 10.5. The molecule has 0 aliphatic rings. The summed E-state index contributed by atoms with van der Waals surface area (Å²) in [6.45, 7) is 11.0. The van der Waals surface area contributed by atoms with Crippen LogP contribution in [0.25, 0.3) is 0 Å². The lowest BCUT2D eigenvalue weighted by molar-refractivity contribution is -0.145. The summed E-state index contributed by atoms with van der Waals surface area (Å²) in [7, 11) is 1.22. The van der Waals surface area contributed by atoms with Crippen LogP contribution < -0.4 is 10.6 Å². The summed E-state index contributed by atoms with van der Waals surface area (Å²) in [6.07, 6.45) is 7.70. The summed E-state index contributed by atoms with van der Waals surface area (Å²) in [5.41, 5.74) is 0.139. The van der Waals surface area contributed by atoms with Gasteiger partial charge in [-0.05, 0) is 51.2 Å². The van der Waals surface area contributed by atoms with Crippen molar-refractivity contribution >= 4 is 23.9 Å². The van der Waals surface area contributed by atoms with Gasteiger partial charge in [0.05, 0.1) is 7.11 Å². The molecule has 0 saturated carbocycles. The molecule has 1 rings (SSSR count). The highest BCUT2D eigenvalue weighted by molar-refractivity contribution is 5.93. The lowest BCUT2D eigenvalue weighted by Gasteiger charge is -2.35. The molecule has 0 aromatic heterocycles. The van der Waals surface area contributed by atoms with E-state index < -0.39 is 41.6 Å². The maximum Gasteiger partial charge on any atom is 0.408 e. The minimum Gasteiger partial charge on any atom is -0.468 e. The predicted octanol–water partition coefficient (Wildman–Crippen LogP) is 3.96. The Hall–Kier alpha value is -3.54. The van der Waals surface area contributed by atoms with E-state index in [1.54, 1.807) is 45.0 Å². The molecule has 0 aliphatic carbocycles. The van der Waals surface area contributed by atoms with Gasteiger partial charge in [-0.3, -0.25) is 14.4 Å². The van der Waals surface area contributed by atoms with Crippen molar-refractivity contribution in [2.75, 3.05) is 20.2 Å². The van der Waals surface area contributed by atoms with E-state index in [0.717, 1.165) is 12.8 Å². The zero-order valence-corrected chi connectivity index (χ0v) is 23.8. The van der Waals surface area contributed by atoms with Crippen molar-refractivity contribution in [3.05, 3.63) is 35.4 Å². The Balaban J connectivity index is 3.57. The average molecular weight is 530 g/mol. The van der Waals surface area contributed by atoms with Crippen molar-refractivity contribution in [1.29, 1.82) is 0 Å². The molecule has 9 heteroatoms. The van der Waals surface area contributed by atoms with Gasteiger partial charge in [0.15, 0.2) is 0 Å². The van der Waals surface area contributed by atoms with E-state index in [4.69, 9.17) is 11.2 Å². The Labute approximate surface area is 227 Å². The quantitative estimate of drug-likeness (QED) is 0.227. The van der Waals surface area contributed by atoms with Crippen molar-refractivity contribution in [2.45, 2.75) is 84.9 Å². The van der Waals surface area contributed by atoms with Gasteiger partial charge in [0.1, 0.15) is 24.2 Å². The van der Waals surface area contributed by atoms with E-state index >= 15 is 0 Å². The fourth-order valence-electron chi connectivity index (χ4n) is 3.89. The van der Waals surface area contributed by atoms with E-state index in [9.17, 15) is 19.2 Å². The molecular weight excluding hydrogens is 486 g/mol. The highest BCUT2D eigenvalue weighted by atomic mass is 16.6. The first kappa shape index (κ1) is 32.5. The number of amides is 3. The van der Waals surface area contributed by atoms with Crippen LogP contribution in [0.15, 0.2) is 24.3 Å².